The smallest absolute Gasteiger partial charge is 0.220 e. The summed E-state index contributed by atoms with van der Waals surface area (Å²) in [5.41, 5.74) is 1.89. The van der Waals surface area contributed by atoms with Crippen LogP contribution < -0.4 is 5.32 Å². The van der Waals surface area contributed by atoms with E-state index < -0.39 is 10.0 Å². The highest BCUT2D eigenvalue weighted by molar-refractivity contribution is 9.10. The molecule has 2 aromatic rings. The predicted molar refractivity (Wildman–Crippen MR) is 114 cm³/mol. The molecule has 1 fully saturated rings. The minimum absolute atomic E-state index is 0.0189. The van der Waals surface area contributed by atoms with Crippen LogP contribution >= 0.6 is 15.9 Å². The number of hydrogen-bond donors (Lipinski definition) is 1. The first-order chi connectivity index (χ1) is 13.4. The second-order valence-corrected chi connectivity index (χ2v) is 10.0. The van der Waals surface area contributed by atoms with Crippen LogP contribution in [0.1, 0.15) is 30.4 Å². The highest BCUT2D eigenvalue weighted by Crippen LogP contribution is 2.19. The first-order valence-electron chi connectivity index (χ1n) is 9.48. The standard InChI is InChI=1S/C21H25BrN2O3S/c22-19-11-8-18(9-12-19)16-28(26,27)24-14-4-7-20(15-24)23-21(25)13-10-17-5-2-1-3-6-17/h1-3,5-6,8-9,11-12,20H,4,7,10,13-16H2,(H,23,25). The van der Waals surface area contributed by atoms with Crippen molar-refractivity contribution in [3.63, 3.8) is 0 Å². The normalized spacial score (nSPS) is 18.0. The van der Waals surface area contributed by atoms with E-state index in [0.29, 0.717) is 25.9 Å². The van der Waals surface area contributed by atoms with Gasteiger partial charge < -0.3 is 5.32 Å². The molecule has 1 heterocycles. The molecule has 1 saturated heterocycles. The van der Waals surface area contributed by atoms with Crippen molar-refractivity contribution in [1.29, 1.82) is 0 Å². The van der Waals surface area contributed by atoms with Gasteiger partial charge in [-0.2, -0.15) is 4.31 Å². The second kappa shape index (κ2) is 9.67. The van der Waals surface area contributed by atoms with Gasteiger partial charge in [0, 0.05) is 30.0 Å². The van der Waals surface area contributed by atoms with E-state index in [1.54, 1.807) is 0 Å². The molecule has 0 saturated carbocycles. The number of carbonyl (C=O) groups is 1. The molecule has 150 valence electrons. The average Bonchev–Trinajstić information content (AvgIpc) is 2.69. The maximum Gasteiger partial charge on any atom is 0.220 e. The van der Waals surface area contributed by atoms with Crippen molar-refractivity contribution < 1.29 is 13.2 Å². The molecule has 1 atom stereocenters. The van der Waals surface area contributed by atoms with E-state index in [-0.39, 0.29) is 17.7 Å². The third-order valence-corrected chi connectivity index (χ3v) is 7.23. The highest BCUT2D eigenvalue weighted by atomic mass is 79.9. The third kappa shape index (κ3) is 6.15. The zero-order chi connectivity index (χ0) is 20.0. The van der Waals surface area contributed by atoms with Crippen LogP contribution in [0.15, 0.2) is 59.1 Å². The number of hydrogen-bond acceptors (Lipinski definition) is 3. The van der Waals surface area contributed by atoms with Gasteiger partial charge in [0.15, 0.2) is 0 Å². The van der Waals surface area contributed by atoms with Crippen LogP contribution in [0.3, 0.4) is 0 Å². The van der Waals surface area contributed by atoms with Gasteiger partial charge in [0.05, 0.1) is 5.75 Å². The second-order valence-electron chi connectivity index (χ2n) is 7.13. The topological polar surface area (TPSA) is 66.5 Å². The molecule has 3 rings (SSSR count). The summed E-state index contributed by atoms with van der Waals surface area (Å²) in [6, 6.07) is 17.1. The van der Waals surface area contributed by atoms with Crippen molar-refractivity contribution in [2.45, 2.75) is 37.5 Å². The Morgan fingerprint density at radius 2 is 1.79 bits per heavy atom. The SMILES string of the molecule is O=C(CCc1ccccc1)NC1CCCN(S(=O)(=O)Cc2ccc(Br)cc2)C1. The fourth-order valence-corrected chi connectivity index (χ4v) is 5.27. The Kier molecular flexibility index (Phi) is 7.26. The molecule has 0 radical (unpaired) electrons. The van der Waals surface area contributed by atoms with Gasteiger partial charge in [-0.1, -0.05) is 58.4 Å². The van der Waals surface area contributed by atoms with Crippen molar-refractivity contribution in [3.05, 3.63) is 70.2 Å². The number of amides is 1. The Balaban J connectivity index is 1.52. The molecule has 1 N–H and O–H groups in total. The molecule has 28 heavy (non-hydrogen) atoms. The molecule has 1 unspecified atom stereocenters. The van der Waals surface area contributed by atoms with Crippen molar-refractivity contribution in [1.82, 2.24) is 9.62 Å². The molecular formula is C21H25BrN2O3S. The van der Waals surface area contributed by atoms with E-state index in [0.717, 1.165) is 28.4 Å². The highest BCUT2D eigenvalue weighted by Gasteiger charge is 2.29. The number of rotatable bonds is 7. The summed E-state index contributed by atoms with van der Waals surface area (Å²) < 4.78 is 28.0. The molecule has 2 aromatic carbocycles. The van der Waals surface area contributed by atoms with E-state index in [1.165, 1.54) is 4.31 Å². The Morgan fingerprint density at radius 3 is 2.50 bits per heavy atom. The molecule has 1 amide bonds. The van der Waals surface area contributed by atoms with E-state index >= 15 is 0 Å². The molecule has 0 aromatic heterocycles. The zero-order valence-corrected chi connectivity index (χ0v) is 18.1. The van der Waals surface area contributed by atoms with Gasteiger partial charge in [0.2, 0.25) is 15.9 Å². The van der Waals surface area contributed by atoms with Crippen LogP contribution in [0, 0.1) is 0 Å². The van der Waals surface area contributed by atoms with E-state index in [9.17, 15) is 13.2 Å². The van der Waals surface area contributed by atoms with Crippen LogP contribution in [-0.2, 0) is 27.0 Å². The van der Waals surface area contributed by atoms with Crippen LogP contribution in [0.2, 0.25) is 0 Å². The van der Waals surface area contributed by atoms with Crippen molar-refractivity contribution >= 4 is 31.9 Å². The minimum Gasteiger partial charge on any atom is -0.352 e. The maximum atomic E-state index is 12.8. The van der Waals surface area contributed by atoms with Gasteiger partial charge >= 0.3 is 0 Å². The Hall–Kier alpha value is -1.70. The summed E-state index contributed by atoms with van der Waals surface area (Å²) in [6.07, 6.45) is 2.65. The molecule has 5 nitrogen and oxygen atoms in total. The number of piperidine rings is 1. The van der Waals surface area contributed by atoms with Crippen LogP contribution in [-0.4, -0.2) is 37.8 Å². The number of nitrogens with one attached hydrogen (secondary N) is 1. The quantitative estimate of drug-likeness (QED) is 0.681. The molecule has 1 aliphatic heterocycles. The number of sulfonamides is 1. The molecule has 0 bridgehead atoms. The van der Waals surface area contributed by atoms with Crippen LogP contribution in [0.4, 0.5) is 0 Å². The maximum absolute atomic E-state index is 12.8. The summed E-state index contributed by atoms with van der Waals surface area (Å²) in [6.45, 7) is 0.852. The van der Waals surface area contributed by atoms with Crippen LogP contribution in [0.5, 0.6) is 0 Å². The zero-order valence-electron chi connectivity index (χ0n) is 15.7. The van der Waals surface area contributed by atoms with E-state index in [4.69, 9.17) is 0 Å². The summed E-state index contributed by atoms with van der Waals surface area (Å²) in [5, 5.41) is 3.01. The predicted octanol–water partition coefficient (Wildman–Crippen LogP) is 3.49. The van der Waals surface area contributed by atoms with Gasteiger partial charge in [0.1, 0.15) is 0 Å². The lowest BCUT2D eigenvalue weighted by Gasteiger charge is -2.32. The summed E-state index contributed by atoms with van der Waals surface area (Å²) in [5.74, 6) is -0.0457. The number of halogens is 1. The summed E-state index contributed by atoms with van der Waals surface area (Å²) >= 11 is 3.36. The molecule has 0 aliphatic carbocycles. The molecular weight excluding hydrogens is 440 g/mol. The molecule has 7 heteroatoms. The Morgan fingerprint density at radius 1 is 1.07 bits per heavy atom. The van der Waals surface area contributed by atoms with Gasteiger partial charge in [0.25, 0.3) is 0 Å². The number of benzene rings is 2. The minimum atomic E-state index is -3.41. The monoisotopic (exact) mass is 464 g/mol. The lowest BCUT2D eigenvalue weighted by atomic mass is 10.1. The summed E-state index contributed by atoms with van der Waals surface area (Å²) in [4.78, 5) is 12.3. The Bertz CT molecular complexity index is 886. The fourth-order valence-electron chi connectivity index (χ4n) is 3.40. The first-order valence-corrected chi connectivity index (χ1v) is 11.9. The number of aryl methyl sites for hydroxylation is 1. The van der Waals surface area contributed by atoms with Gasteiger partial charge in [-0.05, 0) is 42.5 Å². The summed E-state index contributed by atoms with van der Waals surface area (Å²) in [7, 11) is -3.41. The third-order valence-electron chi connectivity index (χ3n) is 4.89. The average molecular weight is 465 g/mol. The number of nitrogens with zero attached hydrogens (tertiary/aromatic N) is 1. The Labute approximate surface area is 175 Å². The van der Waals surface area contributed by atoms with Gasteiger partial charge in [-0.3, -0.25) is 4.79 Å². The van der Waals surface area contributed by atoms with Crippen molar-refractivity contribution in [3.8, 4) is 0 Å². The van der Waals surface area contributed by atoms with E-state index in [1.807, 2.05) is 54.6 Å². The molecule has 0 spiro atoms. The van der Waals surface area contributed by atoms with Crippen molar-refractivity contribution in [2.75, 3.05) is 13.1 Å². The lowest BCUT2D eigenvalue weighted by Crippen LogP contribution is -2.49. The number of carbonyl (C=O) groups excluding carboxylic acids is 1. The molecule has 1 aliphatic rings. The fraction of sp³-hybridized carbons (Fsp3) is 0.381. The van der Waals surface area contributed by atoms with Crippen molar-refractivity contribution in [2.24, 2.45) is 0 Å². The first kappa shape index (κ1) is 21.0. The largest absolute Gasteiger partial charge is 0.352 e. The van der Waals surface area contributed by atoms with Gasteiger partial charge in [-0.25, -0.2) is 8.42 Å². The van der Waals surface area contributed by atoms with Crippen LogP contribution in [0.25, 0.3) is 0 Å². The van der Waals surface area contributed by atoms with E-state index in [2.05, 4.69) is 21.2 Å². The van der Waals surface area contributed by atoms with Gasteiger partial charge in [-0.15, -0.1) is 0 Å². The lowest BCUT2D eigenvalue weighted by molar-refractivity contribution is -0.122.